The zero-order valence-corrected chi connectivity index (χ0v) is 23.9. The van der Waals surface area contributed by atoms with Crippen LogP contribution in [0.4, 0.5) is 8.78 Å². The Balaban J connectivity index is 1.24. The molecule has 2 saturated heterocycles. The number of pyridine rings is 2. The molecule has 10 atom stereocenters. The van der Waals surface area contributed by atoms with E-state index in [0.717, 1.165) is 24.2 Å². The summed E-state index contributed by atoms with van der Waals surface area (Å²) in [4.78, 5) is 7.90. The highest BCUT2D eigenvalue weighted by molar-refractivity contribution is 8.00. The molecule has 0 aliphatic carbocycles. The van der Waals surface area contributed by atoms with Gasteiger partial charge in [-0.05, 0) is 24.3 Å². The number of nitrogens with zero attached hydrogens (tertiary/aromatic N) is 8. The van der Waals surface area contributed by atoms with Crippen molar-refractivity contribution >= 4 is 11.8 Å². The van der Waals surface area contributed by atoms with E-state index in [1.807, 2.05) is 0 Å². The Bertz CT molecular complexity index is 1470. The minimum atomic E-state index is -1.51. The monoisotopic (exact) mass is 650 g/mol. The van der Waals surface area contributed by atoms with Gasteiger partial charge in [0, 0.05) is 0 Å². The van der Waals surface area contributed by atoms with Gasteiger partial charge in [0.25, 0.3) is 0 Å². The highest BCUT2D eigenvalue weighted by atomic mass is 32.2. The first-order valence-corrected chi connectivity index (χ1v) is 14.6. The first-order valence-electron chi connectivity index (χ1n) is 13.7. The van der Waals surface area contributed by atoms with Crippen LogP contribution in [0, 0.1) is 11.6 Å². The van der Waals surface area contributed by atoms with E-state index in [4.69, 9.17) is 9.47 Å². The molecule has 0 spiro atoms. The van der Waals surface area contributed by atoms with Gasteiger partial charge in [0.15, 0.2) is 0 Å². The number of halogens is 2. The smallest absolute Gasteiger partial charge is 0.141 e. The summed E-state index contributed by atoms with van der Waals surface area (Å²) in [6.07, 6.45) is -3.58. The van der Waals surface area contributed by atoms with Crippen molar-refractivity contribution in [1.82, 2.24) is 40.0 Å². The van der Waals surface area contributed by atoms with Crippen molar-refractivity contribution in [3.05, 3.63) is 60.7 Å². The maximum absolute atomic E-state index is 13.3. The summed E-state index contributed by atoms with van der Waals surface area (Å²) in [5.74, 6) is -1.10. The van der Waals surface area contributed by atoms with Crippen molar-refractivity contribution in [2.75, 3.05) is 13.2 Å². The lowest BCUT2D eigenvalue weighted by molar-refractivity contribution is -0.189. The van der Waals surface area contributed by atoms with Crippen LogP contribution in [0.15, 0.2) is 49.1 Å². The summed E-state index contributed by atoms with van der Waals surface area (Å²) < 4.78 is 40.6. The summed E-state index contributed by atoms with van der Waals surface area (Å²) in [7, 11) is 0. The number of hydrogen-bond acceptors (Lipinski definition) is 15. The number of rotatable bonds is 8. The SMILES string of the molecule is OCC1O[C@@H](SC2O[C@H](CO)C(O)C(n3cc(-c4ccc(F)cn4)nn3)[C@H]2O)[C@@H](O)C(n2cc(-c3ccc(F)cn3)nn2)[C@H]1O. The summed E-state index contributed by atoms with van der Waals surface area (Å²) in [5.41, 5.74) is -1.46. The van der Waals surface area contributed by atoms with Crippen LogP contribution in [0.2, 0.25) is 0 Å². The zero-order chi connectivity index (χ0) is 31.8. The van der Waals surface area contributed by atoms with Crippen LogP contribution < -0.4 is 0 Å². The van der Waals surface area contributed by atoms with E-state index in [1.54, 1.807) is 0 Å². The van der Waals surface area contributed by atoms with E-state index in [2.05, 4.69) is 30.6 Å². The molecule has 2 aliphatic rings. The second kappa shape index (κ2) is 13.1. The van der Waals surface area contributed by atoms with Crippen LogP contribution in [-0.4, -0.2) is 131 Å². The van der Waals surface area contributed by atoms with Gasteiger partial charge in [-0.25, -0.2) is 18.1 Å². The van der Waals surface area contributed by atoms with Crippen LogP contribution in [-0.2, 0) is 9.47 Å². The van der Waals surface area contributed by atoms with Gasteiger partial charge < -0.3 is 40.1 Å². The lowest BCUT2D eigenvalue weighted by atomic mass is 9.97. The lowest BCUT2D eigenvalue weighted by Gasteiger charge is -2.46. The molecule has 6 N–H and O–H groups in total. The van der Waals surface area contributed by atoms with E-state index in [1.165, 1.54) is 46.0 Å². The largest absolute Gasteiger partial charge is 0.394 e. The second-order valence-electron chi connectivity index (χ2n) is 10.4. The Labute approximate surface area is 256 Å². The van der Waals surface area contributed by atoms with Gasteiger partial charge in [-0.15, -0.1) is 10.2 Å². The molecule has 0 bridgehead atoms. The molecule has 2 fully saturated rings. The highest BCUT2D eigenvalue weighted by Crippen LogP contribution is 2.42. The van der Waals surface area contributed by atoms with Gasteiger partial charge in [-0.3, -0.25) is 9.97 Å². The minimum Gasteiger partial charge on any atom is -0.394 e. The van der Waals surface area contributed by atoms with E-state index < -0.39 is 84.4 Å². The first kappa shape index (κ1) is 31.5. The van der Waals surface area contributed by atoms with Crippen molar-refractivity contribution in [2.24, 2.45) is 0 Å². The summed E-state index contributed by atoms with van der Waals surface area (Å²) >= 11 is 0.786. The third kappa shape index (κ3) is 6.18. The molecular formula is C26H28F2N8O8S. The zero-order valence-electron chi connectivity index (χ0n) is 23.0. The van der Waals surface area contributed by atoms with Gasteiger partial charge in [0.05, 0.1) is 49.4 Å². The Hall–Kier alpha value is -3.53. The van der Waals surface area contributed by atoms with Crippen molar-refractivity contribution in [3.63, 3.8) is 0 Å². The number of aliphatic hydroxyl groups is 6. The van der Waals surface area contributed by atoms with Gasteiger partial charge >= 0.3 is 0 Å². The van der Waals surface area contributed by atoms with E-state index >= 15 is 0 Å². The second-order valence-corrected chi connectivity index (χ2v) is 11.6. The highest BCUT2D eigenvalue weighted by Gasteiger charge is 2.51. The molecule has 5 unspecified atom stereocenters. The van der Waals surface area contributed by atoms with Crippen LogP contribution >= 0.6 is 11.8 Å². The third-order valence-electron chi connectivity index (χ3n) is 7.58. The molecule has 0 aromatic carbocycles. The quantitative estimate of drug-likeness (QED) is 0.130. The summed E-state index contributed by atoms with van der Waals surface area (Å²) in [6, 6.07) is 2.74. The maximum Gasteiger partial charge on any atom is 0.141 e. The lowest BCUT2D eigenvalue weighted by Crippen LogP contribution is -2.58. The average molecular weight is 651 g/mol. The Morgan fingerprint density at radius 1 is 0.644 bits per heavy atom. The van der Waals surface area contributed by atoms with Gasteiger partial charge in [0.1, 0.15) is 82.6 Å². The first-order chi connectivity index (χ1) is 21.7. The van der Waals surface area contributed by atoms with Crippen molar-refractivity contribution in [2.45, 2.75) is 59.6 Å². The third-order valence-corrected chi connectivity index (χ3v) is 8.89. The molecule has 6 rings (SSSR count). The predicted octanol–water partition coefficient (Wildman–Crippen LogP) is -1.33. The van der Waals surface area contributed by atoms with Crippen LogP contribution in [0.25, 0.3) is 22.8 Å². The van der Waals surface area contributed by atoms with Crippen molar-refractivity contribution in [1.29, 1.82) is 0 Å². The summed E-state index contributed by atoms with van der Waals surface area (Å²) in [5, 5.41) is 80.6. The molecule has 2 aliphatic heterocycles. The molecule has 19 heteroatoms. The minimum absolute atomic E-state index is 0.224. The van der Waals surface area contributed by atoms with E-state index in [9.17, 15) is 39.4 Å². The Kier molecular flexibility index (Phi) is 9.13. The maximum atomic E-state index is 13.3. The average Bonchev–Trinajstić information content (AvgIpc) is 3.72. The van der Waals surface area contributed by atoms with Gasteiger partial charge in [-0.2, -0.15) is 0 Å². The van der Waals surface area contributed by atoms with Crippen molar-refractivity contribution < 1.29 is 48.9 Å². The molecule has 6 heterocycles. The van der Waals surface area contributed by atoms with Crippen LogP contribution in [0.5, 0.6) is 0 Å². The normalized spacial score (nSPS) is 32.1. The number of aliphatic hydroxyl groups excluding tert-OH is 6. The molecular weight excluding hydrogens is 622 g/mol. The van der Waals surface area contributed by atoms with Crippen molar-refractivity contribution in [3.8, 4) is 22.8 Å². The van der Waals surface area contributed by atoms with Gasteiger partial charge in [0.2, 0.25) is 0 Å². The topological polar surface area (TPSA) is 227 Å². The Morgan fingerprint density at radius 2 is 1.07 bits per heavy atom. The standard InChI is InChI=1S/C26H28F2N8O8S/c27-11-1-3-13(29-5-11)15-7-35(33-31-15)19-21(39)17(9-37)43-25(23(19)41)45-26-24(42)20(22(40)18(10-38)44-26)36-8-16(32-34-36)14-4-2-12(28)6-30-14/h1-8,17-26,37-42H,9-10H2/t17-,18?,19?,20?,21?,22+,23-,24+,25?,26+/m1/s1. The fourth-order valence-corrected chi connectivity index (χ4v) is 6.57. The van der Waals surface area contributed by atoms with Crippen LogP contribution in [0.1, 0.15) is 12.1 Å². The molecule has 4 aromatic heterocycles. The molecule has 45 heavy (non-hydrogen) atoms. The van der Waals surface area contributed by atoms with Crippen LogP contribution in [0.3, 0.4) is 0 Å². The van der Waals surface area contributed by atoms with E-state index in [0.29, 0.717) is 0 Å². The molecule has 240 valence electrons. The van der Waals surface area contributed by atoms with Gasteiger partial charge in [-0.1, -0.05) is 22.2 Å². The number of hydrogen-bond donors (Lipinski definition) is 6. The molecule has 4 aromatic rings. The number of ether oxygens (including phenoxy) is 2. The number of thioether (sulfide) groups is 1. The number of aromatic nitrogens is 8. The molecule has 0 radical (unpaired) electrons. The molecule has 0 amide bonds. The fourth-order valence-electron chi connectivity index (χ4n) is 5.25. The summed E-state index contributed by atoms with van der Waals surface area (Å²) in [6.45, 7) is -1.29. The fraction of sp³-hybridized carbons (Fsp3) is 0.462. The van der Waals surface area contributed by atoms with E-state index in [-0.39, 0.29) is 22.8 Å². The predicted molar refractivity (Wildman–Crippen MR) is 148 cm³/mol. The molecule has 0 saturated carbocycles. The molecule has 16 nitrogen and oxygen atoms in total. The Morgan fingerprint density at radius 3 is 1.42 bits per heavy atom.